The van der Waals surface area contributed by atoms with Gasteiger partial charge in [-0.2, -0.15) is 0 Å². The molecule has 3 heterocycles. The maximum absolute atomic E-state index is 6.49. The maximum atomic E-state index is 6.49. The summed E-state index contributed by atoms with van der Waals surface area (Å²) in [5.41, 5.74) is 6.83. The van der Waals surface area contributed by atoms with E-state index in [1.807, 2.05) is 6.07 Å². The lowest BCUT2D eigenvalue weighted by atomic mass is 9.94. The number of hydrogen-bond donors (Lipinski definition) is 0. The van der Waals surface area contributed by atoms with Gasteiger partial charge in [0.1, 0.15) is 0 Å². The van der Waals surface area contributed by atoms with Crippen molar-refractivity contribution in [2.45, 2.75) is 0 Å². The third kappa shape index (κ3) is 1.88. The Hall–Kier alpha value is -3.91. The van der Waals surface area contributed by atoms with E-state index in [0.29, 0.717) is 0 Å². The molecular weight excluding hydrogens is 354 g/mol. The third-order valence-electron chi connectivity index (χ3n) is 6.07. The van der Waals surface area contributed by atoms with Gasteiger partial charge in [0.15, 0.2) is 0 Å². The molecule has 2 nitrogen and oxygen atoms in total. The minimum Gasteiger partial charge on any atom is -0.397 e. The van der Waals surface area contributed by atoms with Gasteiger partial charge >= 0.3 is 5.71 Å². The molecule has 4 aromatic carbocycles. The zero-order chi connectivity index (χ0) is 18.9. The highest BCUT2D eigenvalue weighted by Gasteiger charge is 2.37. The first-order valence-corrected chi connectivity index (χ1v) is 9.88. The lowest BCUT2D eigenvalue weighted by molar-refractivity contribution is -0.485. The van der Waals surface area contributed by atoms with E-state index >= 15 is 0 Å². The summed E-state index contributed by atoms with van der Waals surface area (Å²) in [6.45, 7) is 0. The van der Waals surface area contributed by atoms with Crippen LogP contribution in [0.25, 0.3) is 61.1 Å². The topological polar surface area (TPSA) is 17.2 Å². The molecular formula is C27H16NO+. The molecule has 0 amide bonds. The first kappa shape index (κ1) is 15.1. The minimum absolute atomic E-state index is 0.876. The van der Waals surface area contributed by atoms with Crippen molar-refractivity contribution in [3.8, 4) is 33.8 Å². The van der Waals surface area contributed by atoms with Gasteiger partial charge in [0.25, 0.3) is 5.69 Å². The third-order valence-corrected chi connectivity index (χ3v) is 6.07. The highest BCUT2D eigenvalue weighted by Crippen LogP contribution is 2.44. The Balaban J connectivity index is 1.68. The van der Waals surface area contributed by atoms with E-state index in [4.69, 9.17) is 4.42 Å². The molecule has 0 aliphatic carbocycles. The second-order valence-corrected chi connectivity index (χ2v) is 7.60. The molecule has 2 heteroatoms. The molecule has 0 unspecified atom stereocenters. The Kier molecular flexibility index (Phi) is 2.77. The van der Waals surface area contributed by atoms with Gasteiger partial charge in [-0.3, -0.25) is 0 Å². The monoisotopic (exact) mass is 370 g/mol. The minimum atomic E-state index is 0.876. The van der Waals surface area contributed by atoms with E-state index in [9.17, 15) is 0 Å². The zero-order valence-corrected chi connectivity index (χ0v) is 15.6. The first-order valence-electron chi connectivity index (χ1n) is 9.88. The van der Waals surface area contributed by atoms with Crippen LogP contribution in [0.4, 0.5) is 0 Å². The van der Waals surface area contributed by atoms with Crippen molar-refractivity contribution < 1.29 is 8.82 Å². The summed E-state index contributed by atoms with van der Waals surface area (Å²) in [5.74, 6) is 0.935. The van der Waals surface area contributed by atoms with Crippen molar-refractivity contribution >= 4 is 27.3 Å². The van der Waals surface area contributed by atoms with Crippen molar-refractivity contribution in [3.05, 3.63) is 97.1 Å². The Bertz CT molecular complexity index is 1610. The Morgan fingerprint density at radius 2 is 1.28 bits per heavy atom. The van der Waals surface area contributed by atoms with Gasteiger partial charge in [0.05, 0.1) is 17.2 Å². The molecule has 0 saturated carbocycles. The van der Waals surface area contributed by atoms with E-state index in [0.717, 1.165) is 22.7 Å². The molecule has 0 bridgehead atoms. The number of rotatable bonds is 1. The van der Waals surface area contributed by atoms with Gasteiger partial charge in [-0.15, -0.1) is 4.40 Å². The molecule has 29 heavy (non-hydrogen) atoms. The van der Waals surface area contributed by atoms with Crippen LogP contribution in [0.5, 0.6) is 0 Å². The average Bonchev–Trinajstić information content (AvgIpc) is 3.34. The van der Waals surface area contributed by atoms with Gasteiger partial charge in [0, 0.05) is 11.6 Å². The predicted molar refractivity (Wildman–Crippen MR) is 117 cm³/mol. The largest absolute Gasteiger partial charge is 0.397 e. The molecule has 0 saturated heterocycles. The van der Waals surface area contributed by atoms with Crippen molar-refractivity contribution in [1.29, 1.82) is 0 Å². The molecule has 0 atom stereocenters. The van der Waals surface area contributed by atoms with E-state index in [-0.39, 0.29) is 0 Å². The quantitative estimate of drug-likeness (QED) is 0.234. The van der Waals surface area contributed by atoms with Crippen LogP contribution in [0.15, 0.2) is 101 Å². The number of aromatic nitrogens is 1. The fourth-order valence-corrected chi connectivity index (χ4v) is 4.84. The Labute approximate surface area is 167 Å². The van der Waals surface area contributed by atoms with E-state index in [1.54, 1.807) is 0 Å². The van der Waals surface area contributed by atoms with Crippen LogP contribution in [0.2, 0.25) is 0 Å². The van der Waals surface area contributed by atoms with Crippen LogP contribution in [0.3, 0.4) is 0 Å². The van der Waals surface area contributed by atoms with Crippen molar-refractivity contribution in [3.63, 3.8) is 0 Å². The molecule has 0 spiro atoms. The SMILES string of the molecule is c1ccc2c(c1)-c1cccc3oc(-c4cc5ccccc5c5ccccc45)c-2[n+]13. The normalized spacial score (nSPS) is 12.1. The molecule has 134 valence electrons. The summed E-state index contributed by atoms with van der Waals surface area (Å²) in [6.07, 6.45) is 0. The molecule has 1 aliphatic rings. The smallest absolute Gasteiger partial charge is 0.380 e. The second kappa shape index (κ2) is 5.33. The first-order chi connectivity index (χ1) is 14.4. The highest BCUT2D eigenvalue weighted by molar-refractivity contribution is 6.14. The van der Waals surface area contributed by atoms with Crippen LogP contribution >= 0.6 is 0 Å². The van der Waals surface area contributed by atoms with Crippen molar-refractivity contribution in [1.82, 2.24) is 0 Å². The number of pyridine rings is 1. The molecule has 7 rings (SSSR count). The Morgan fingerprint density at radius 1 is 0.552 bits per heavy atom. The number of oxazole rings is 1. The van der Waals surface area contributed by atoms with Gasteiger partial charge in [-0.1, -0.05) is 60.7 Å². The average molecular weight is 370 g/mol. The van der Waals surface area contributed by atoms with Gasteiger partial charge in [-0.05, 0) is 45.8 Å². The summed E-state index contributed by atoms with van der Waals surface area (Å²) in [6, 6.07) is 34.3. The summed E-state index contributed by atoms with van der Waals surface area (Å²) in [5, 5.41) is 4.97. The number of nitrogens with zero attached hydrogens (tertiary/aromatic N) is 1. The lowest BCUT2D eigenvalue weighted by Crippen LogP contribution is -2.20. The molecule has 0 fully saturated rings. The molecule has 6 aromatic rings. The van der Waals surface area contributed by atoms with Crippen LogP contribution in [0.1, 0.15) is 0 Å². The van der Waals surface area contributed by atoms with E-state index in [1.165, 1.54) is 38.4 Å². The summed E-state index contributed by atoms with van der Waals surface area (Å²) < 4.78 is 8.75. The van der Waals surface area contributed by atoms with Crippen LogP contribution < -0.4 is 4.40 Å². The van der Waals surface area contributed by atoms with Gasteiger partial charge < -0.3 is 4.42 Å². The Morgan fingerprint density at radius 3 is 2.17 bits per heavy atom. The molecule has 0 N–H and O–H groups in total. The molecule has 2 aromatic heterocycles. The van der Waals surface area contributed by atoms with Gasteiger partial charge in [0.2, 0.25) is 11.5 Å². The lowest BCUT2D eigenvalue weighted by Gasteiger charge is -2.08. The highest BCUT2D eigenvalue weighted by atomic mass is 16.3. The fourth-order valence-electron chi connectivity index (χ4n) is 4.84. The summed E-state index contributed by atoms with van der Waals surface area (Å²) >= 11 is 0. The van der Waals surface area contributed by atoms with Crippen molar-refractivity contribution in [2.24, 2.45) is 0 Å². The predicted octanol–water partition coefficient (Wildman–Crippen LogP) is 6.64. The van der Waals surface area contributed by atoms with Crippen LogP contribution in [-0.4, -0.2) is 0 Å². The number of benzene rings is 4. The van der Waals surface area contributed by atoms with Gasteiger partial charge in [-0.25, -0.2) is 0 Å². The molecule has 0 radical (unpaired) electrons. The zero-order valence-electron chi connectivity index (χ0n) is 15.6. The van der Waals surface area contributed by atoms with Crippen LogP contribution in [-0.2, 0) is 0 Å². The van der Waals surface area contributed by atoms with Crippen molar-refractivity contribution in [2.75, 3.05) is 0 Å². The maximum Gasteiger partial charge on any atom is 0.380 e. The van der Waals surface area contributed by atoms with E-state index in [2.05, 4.69) is 95.4 Å². The summed E-state index contributed by atoms with van der Waals surface area (Å²) in [7, 11) is 0. The number of hydrogen-bond acceptors (Lipinski definition) is 1. The number of fused-ring (bicyclic) bond motifs is 6. The van der Waals surface area contributed by atoms with E-state index < -0.39 is 0 Å². The summed E-state index contributed by atoms with van der Waals surface area (Å²) in [4.78, 5) is 0. The molecule has 1 aliphatic heterocycles. The second-order valence-electron chi connectivity index (χ2n) is 7.60. The standard InChI is InChI=1S/C27H16NO/c1-2-9-18-17(8-1)16-23(20-11-4-3-10-19(18)20)27-26-22-13-6-5-12-21(22)24-14-7-15-25(29-27)28(24)26/h1-16H/q+1. The fraction of sp³-hybridized carbons (Fsp3) is 0. The van der Waals surface area contributed by atoms with Crippen LogP contribution in [0, 0.1) is 0 Å².